The molecule has 1 saturated heterocycles. The Labute approximate surface area is 64.6 Å². The number of hydrogen-bond donors (Lipinski definition) is 0. The summed E-state index contributed by atoms with van der Waals surface area (Å²) >= 11 is 0. The minimum Gasteiger partial charge on any atom is -0.384 e. The molecule has 2 heteroatoms. The third-order valence-electron chi connectivity index (χ3n) is 2.67. The van der Waals surface area contributed by atoms with Crippen molar-refractivity contribution in [3.05, 3.63) is 0 Å². The standard InChI is InChI=1S/C8H15BO/c1-4-7-5(2)6(3)8(9)10-7/h5-8H,4H2,1-3H3. The van der Waals surface area contributed by atoms with Crippen molar-refractivity contribution in [3.8, 4) is 0 Å². The highest BCUT2D eigenvalue weighted by Crippen LogP contribution is 2.31. The quantitative estimate of drug-likeness (QED) is 0.499. The van der Waals surface area contributed by atoms with Gasteiger partial charge >= 0.3 is 0 Å². The fraction of sp³-hybridized carbons (Fsp3) is 1.00. The Bertz CT molecular complexity index is 116. The van der Waals surface area contributed by atoms with Gasteiger partial charge in [-0.3, -0.25) is 0 Å². The molecular weight excluding hydrogens is 123 g/mol. The van der Waals surface area contributed by atoms with Crippen LogP contribution in [0.5, 0.6) is 0 Å². The van der Waals surface area contributed by atoms with Gasteiger partial charge in [-0.2, -0.15) is 0 Å². The maximum atomic E-state index is 5.71. The number of rotatable bonds is 1. The predicted octanol–water partition coefficient (Wildman–Crippen LogP) is 1.56. The van der Waals surface area contributed by atoms with Gasteiger partial charge in [0.25, 0.3) is 0 Å². The van der Waals surface area contributed by atoms with E-state index in [4.69, 9.17) is 12.6 Å². The highest BCUT2D eigenvalue weighted by atomic mass is 16.5. The van der Waals surface area contributed by atoms with E-state index >= 15 is 0 Å². The molecule has 0 N–H and O–H groups in total. The summed E-state index contributed by atoms with van der Waals surface area (Å²) in [5.41, 5.74) is 0. The molecule has 0 spiro atoms. The van der Waals surface area contributed by atoms with Gasteiger partial charge in [0.15, 0.2) is 0 Å². The molecule has 10 heavy (non-hydrogen) atoms. The van der Waals surface area contributed by atoms with Gasteiger partial charge in [-0.1, -0.05) is 20.8 Å². The van der Waals surface area contributed by atoms with E-state index in [1.807, 2.05) is 0 Å². The second kappa shape index (κ2) is 2.95. The summed E-state index contributed by atoms with van der Waals surface area (Å²) in [7, 11) is 5.71. The van der Waals surface area contributed by atoms with Crippen molar-refractivity contribution in [2.75, 3.05) is 0 Å². The fourth-order valence-electron chi connectivity index (χ4n) is 1.56. The lowest BCUT2D eigenvalue weighted by Crippen LogP contribution is -2.15. The van der Waals surface area contributed by atoms with Crippen LogP contribution >= 0.6 is 0 Å². The van der Waals surface area contributed by atoms with Crippen LogP contribution in [-0.4, -0.2) is 20.0 Å². The zero-order valence-electron chi connectivity index (χ0n) is 7.00. The second-order valence-corrected chi connectivity index (χ2v) is 3.27. The maximum absolute atomic E-state index is 5.71. The zero-order chi connectivity index (χ0) is 7.72. The molecule has 1 rings (SSSR count). The van der Waals surface area contributed by atoms with E-state index in [2.05, 4.69) is 20.8 Å². The molecule has 0 aromatic carbocycles. The SMILES string of the molecule is [B]C1OC(CC)C(C)C1C. The van der Waals surface area contributed by atoms with E-state index in [1.54, 1.807) is 0 Å². The van der Waals surface area contributed by atoms with Gasteiger partial charge in [0, 0.05) is 6.00 Å². The Morgan fingerprint density at radius 1 is 1.30 bits per heavy atom. The Balaban J connectivity index is 2.53. The van der Waals surface area contributed by atoms with Crippen molar-refractivity contribution in [1.82, 2.24) is 0 Å². The molecule has 1 heterocycles. The normalized spacial score (nSPS) is 47.9. The van der Waals surface area contributed by atoms with Crippen LogP contribution in [0.3, 0.4) is 0 Å². The van der Waals surface area contributed by atoms with Crippen LogP contribution in [-0.2, 0) is 4.74 Å². The molecule has 0 aromatic rings. The van der Waals surface area contributed by atoms with Crippen LogP contribution < -0.4 is 0 Å². The number of hydrogen-bond acceptors (Lipinski definition) is 1. The van der Waals surface area contributed by atoms with Crippen LogP contribution in [0.4, 0.5) is 0 Å². The Kier molecular flexibility index (Phi) is 2.40. The first-order valence-electron chi connectivity index (χ1n) is 4.07. The minimum absolute atomic E-state index is 0.0278. The highest BCUT2D eigenvalue weighted by molar-refractivity contribution is 6.11. The van der Waals surface area contributed by atoms with E-state index in [-0.39, 0.29) is 6.00 Å². The molecular formula is C8H15BO. The summed E-state index contributed by atoms with van der Waals surface area (Å²) in [6, 6.07) is -0.0278. The van der Waals surface area contributed by atoms with Crippen molar-refractivity contribution in [2.45, 2.75) is 39.3 Å². The van der Waals surface area contributed by atoms with Gasteiger partial charge in [0.1, 0.15) is 7.85 Å². The van der Waals surface area contributed by atoms with Gasteiger partial charge in [0.2, 0.25) is 0 Å². The van der Waals surface area contributed by atoms with Gasteiger partial charge < -0.3 is 4.74 Å². The van der Waals surface area contributed by atoms with E-state index in [0.29, 0.717) is 17.9 Å². The van der Waals surface area contributed by atoms with Crippen molar-refractivity contribution in [2.24, 2.45) is 11.8 Å². The molecule has 4 atom stereocenters. The van der Waals surface area contributed by atoms with Gasteiger partial charge in [0.05, 0.1) is 6.10 Å². The summed E-state index contributed by atoms with van der Waals surface area (Å²) in [5.74, 6) is 1.14. The van der Waals surface area contributed by atoms with Crippen LogP contribution in [0.25, 0.3) is 0 Å². The van der Waals surface area contributed by atoms with Crippen LogP contribution in [0.2, 0.25) is 0 Å². The van der Waals surface area contributed by atoms with Crippen LogP contribution in [0.1, 0.15) is 27.2 Å². The summed E-state index contributed by atoms with van der Waals surface area (Å²) < 4.78 is 5.51. The number of ether oxygens (including phenoxy) is 1. The third-order valence-corrected chi connectivity index (χ3v) is 2.67. The van der Waals surface area contributed by atoms with Crippen molar-refractivity contribution >= 4 is 7.85 Å². The largest absolute Gasteiger partial charge is 0.384 e. The zero-order valence-corrected chi connectivity index (χ0v) is 7.00. The first kappa shape index (κ1) is 8.12. The maximum Gasteiger partial charge on any atom is 0.109 e. The Morgan fingerprint density at radius 3 is 2.10 bits per heavy atom. The summed E-state index contributed by atoms with van der Waals surface area (Å²) in [6.07, 6.45) is 1.48. The molecule has 0 bridgehead atoms. The Hall–Kier alpha value is 0.0249. The van der Waals surface area contributed by atoms with Gasteiger partial charge in [-0.15, -0.1) is 0 Å². The van der Waals surface area contributed by atoms with Crippen molar-refractivity contribution in [1.29, 1.82) is 0 Å². The Morgan fingerprint density at radius 2 is 1.90 bits per heavy atom. The molecule has 1 aliphatic rings. The lowest BCUT2D eigenvalue weighted by atomic mass is 9.81. The second-order valence-electron chi connectivity index (χ2n) is 3.27. The molecule has 1 fully saturated rings. The van der Waals surface area contributed by atoms with E-state index in [9.17, 15) is 0 Å². The summed E-state index contributed by atoms with van der Waals surface area (Å²) in [5, 5.41) is 0. The molecule has 2 radical (unpaired) electrons. The van der Waals surface area contributed by atoms with E-state index in [1.165, 1.54) is 0 Å². The monoisotopic (exact) mass is 138 g/mol. The average Bonchev–Trinajstić information content (AvgIpc) is 2.17. The highest BCUT2D eigenvalue weighted by Gasteiger charge is 2.34. The molecule has 1 nitrogen and oxygen atoms in total. The summed E-state index contributed by atoms with van der Waals surface area (Å²) in [6.45, 7) is 6.52. The van der Waals surface area contributed by atoms with Crippen molar-refractivity contribution < 1.29 is 4.74 Å². The first-order valence-corrected chi connectivity index (χ1v) is 4.07. The fourth-order valence-corrected chi connectivity index (χ4v) is 1.56. The molecule has 0 aromatic heterocycles. The van der Waals surface area contributed by atoms with Crippen molar-refractivity contribution in [3.63, 3.8) is 0 Å². The summed E-state index contributed by atoms with van der Waals surface area (Å²) in [4.78, 5) is 0. The van der Waals surface area contributed by atoms with Gasteiger partial charge in [-0.25, -0.2) is 0 Å². The average molecular weight is 138 g/mol. The molecule has 0 aliphatic carbocycles. The van der Waals surface area contributed by atoms with Crippen LogP contribution in [0.15, 0.2) is 0 Å². The smallest absolute Gasteiger partial charge is 0.109 e. The molecule has 0 saturated carbocycles. The molecule has 4 unspecified atom stereocenters. The predicted molar refractivity (Wildman–Crippen MR) is 43.0 cm³/mol. The van der Waals surface area contributed by atoms with E-state index < -0.39 is 0 Å². The topological polar surface area (TPSA) is 9.23 Å². The molecule has 0 amide bonds. The van der Waals surface area contributed by atoms with Gasteiger partial charge in [-0.05, 0) is 18.3 Å². The van der Waals surface area contributed by atoms with Crippen LogP contribution in [0, 0.1) is 11.8 Å². The first-order chi connectivity index (χ1) is 4.66. The third kappa shape index (κ3) is 1.22. The molecule has 56 valence electrons. The molecule has 1 aliphatic heterocycles. The van der Waals surface area contributed by atoms with E-state index in [0.717, 1.165) is 6.42 Å². The minimum atomic E-state index is -0.0278. The lowest BCUT2D eigenvalue weighted by molar-refractivity contribution is 0.0698. The lowest BCUT2D eigenvalue weighted by Gasteiger charge is -2.13.